The molecule has 0 radical (unpaired) electrons. The van der Waals surface area contributed by atoms with Crippen LogP contribution in [0.3, 0.4) is 0 Å². The number of nitrogens with one attached hydrogen (secondary N) is 2. The highest BCUT2D eigenvalue weighted by molar-refractivity contribution is 5.79. The summed E-state index contributed by atoms with van der Waals surface area (Å²) >= 11 is 0. The highest BCUT2D eigenvalue weighted by Crippen LogP contribution is 2.16. The van der Waals surface area contributed by atoms with Crippen LogP contribution in [0.5, 0.6) is 0 Å². The summed E-state index contributed by atoms with van der Waals surface area (Å²) in [5.41, 5.74) is 4.46. The lowest BCUT2D eigenvalue weighted by Crippen LogP contribution is -2.38. The van der Waals surface area contributed by atoms with E-state index in [2.05, 4.69) is 56.7 Å². The van der Waals surface area contributed by atoms with Gasteiger partial charge in [0, 0.05) is 27.2 Å². The summed E-state index contributed by atoms with van der Waals surface area (Å²) < 4.78 is 11.0. The molecule has 32 heavy (non-hydrogen) atoms. The maximum Gasteiger partial charge on any atom is 0.194 e. The van der Waals surface area contributed by atoms with Crippen LogP contribution in [0.2, 0.25) is 0 Å². The smallest absolute Gasteiger partial charge is 0.194 e. The van der Waals surface area contributed by atoms with Gasteiger partial charge in [0.25, 0.3) is 0 Å². The predicted octanol–water partition coefficient (Wildman–Crippen LogP) is 3.84. The lowest BCUT2D eigenvalue weighted by molar-refractivity contribution is 0.0453. The molecule has 2 N–H and O–H groups in total. The summed E-state index contributed by atoms with van der Waals surface area (Å²) in [6.07, 6.45) is 1.87. The number of imidazole rings is 1. The van der Waals surface area contributed by atoms with Crippen molar-refractivity contribution in [2.75, 3.05) is 33.9 Å². The van der Waals surface area contributed by atoms with E-state index in [0.29, 0.717) is 39.5 Å². The minimum absolute atomic E-state index is 0.581. The van der Waals surface area contributed by atoms with Gasteiger partial charge in [-0.15, -0.1) is 0 Å². The lowest BCUT2D eigenvalue weighted by atomic mass is 10.1. The Bertz CT molecular complexity index is 971. The van der Waals surface area contributed by atoms with Crippen LogP contribution in [0.4, 0.5) is 0 Å². The molecular weight excluding hydrogens is 402 g/mol. The molecule has 0 atom stereocenters. The average Bonchev–Trinajstić information content (AvgIpc) is 3.29. The number of hydrogen-bond acceptors (Lipinski definition) is 4. The van der Waals surface area contributed by atoms with E-state index in [-0.39, 0.29) is 0 Å². The summed E-state index contributed by atoms with van der Waals surface area (Å²) in [6, 6.07) is 18.6. The third kappa shape index (κ3) is 7.21. The van der Waals surface area contributed by atoms with Crippen LogP contribution in [-0.4, -0.2) is 54.7 Å². The monoisotopic (exact) mass is 435 g/mol. The molecule has 0 fully saturated rings. The van der Waals surface area contributed by atoms with Crippen LogP contribution < -0.4 is 5.32 Å². The maximum atomic E-state index is 5.67. The predicted molar refractivity (Wildman–Crippen MR) is 128 cm³/mol. The number of ether oxygens (including phenoxy) is 2. The molecule has 0 unspecified atom stereocenters. The molecule has 0 bridgehead atoms. The number of aliphatic imine (C=N–C) groups is 1. The van der Waals surface area contributed by atoms with Crippen molar-refractivity contribution in [1.82, 2.24) is 20.2 Å². The van der Waals surface area contributed by atoms with Crippen molar-refractivity contribution < 1.29 is 9.47 Å². The zero-order valence-corrected chi connectivity index (χ0v) is 19.2. The summed E-state index contributed by atoms with van der Waals surface area (Å²) in [7, 11) is 3.79. The van der Waals surface area contributed by atoms with E-state index in [4.69, 9.17) is 9.47 Å². The first-order chi connectivity index (χ1) is 15.7. The molecule has 0 spiro atoms. The quantitative estimate of drug-likeness (QED) is 0.272. The normalized spacial score (nSPS) is 11.5. The molecule has 7 heteroatoms. The largest absolute Gasteiger partial charge is 0.379 e. The zero-order chi connectivity index (χ0) is 22.6. The van der Waals surface area contributed by atoms with Gasteiger partial charge < -0.3 is 24.7 Å². The van der Waals surface area contributed by atoms with Crippen molar-refractivity contribution in [3.8, 4) is 11.3 Å². The van der Waals surface area contributed by atoms with Crippen LogP contribution in [0, 0.1) is 0 Å². The Labute approximate surface area is 190 Å². The molecule has 0 saturated heterocycles. The van der Waals surface area contributed by atoms with E-state index in [1.54, 1.807) is 7.05 Å². The minimum Gasteiger partial charge on any atom is -0.379 e. The van der Waals surface area contributed by atoms with E-state index in [1.807, 2.05) is 43.3 Å². The third-order valence-corrected chi connectivity index (χ3v) is 4.96. The fourth-order valence-electron chi connectivity index (χ4n) is 3.35. The number of guanidine groups is 1. The van der Waals surface area contributed by atoms with E-state index >= 15 is 0 Å². The van der Waals surface area contributed by atoms with Crippen LogP contribution in [0.1, 0.15) is 23.9 Å². The van der Waals surface area contributed by atoms with Crippen molar-refractivity contribution in [3.05, 3.63) is 77.7 Å². The number of rotatable bonds is 11. The van der Waals surface area contributed by atoms with Crippen molar-refractivity contribution in [1.29, 1.82) is 0 Å². The molecule has 0 aliphatic rings. The molecule has 2 aromatic carbocycles. The molecule has 1 heterocycles. The van der Waals surface area contributed by atoms with Crippen LogP contribution in [0.25, 0.3) is 11.3 Å². The van der Waals surface area contributed by atoms with Crippen LogP contribution in [-0.2, 0) is 29.2 Å². The molecule has 0 saturated carbocycles. The van der Waals surface area contributed by atoms with Gasteiger partial charge in [-0.1, -0.05) is 54.6 Å². The molecule has 7 nitrogen and oxygen atoms in total. The topological polar surface area (TPSA) is 74.8 Å². The summed E-state index contributed by atoms with van der Waals surface area (Å²) in [6.45, 7) is 5.82. The van der Waals surface area contributed by atoms with Gasteiger partial charge in [-0.2, -0.15) is 0 Å². The summed E-state index contributed by atoms with van der Waals surface area (Å²) in [4.78, 5) is 14.4. The number of H-pyrrole nitrogens is 1. The van der Waals surface area contributed by atoms with Gasteiger partial charge in [0.1, 0.15) is 5.82 Å². The summed E-state index contributed by atoms with van der Waals surface area (Å²) in [5, 5.41) is 3.43. The second-order valence-electron chi connectivity index (χ2n) is 7.44. The van der Waals surface area contributed by atoms with Crippen molar-refractivity contribution in [3.63, 3.8) is 0 Å². The van der Waals surface area contributed by atoms with Crippen molar-refractivity contribution in [2.24, 2.45) is 4.99 Å². The molecule has 0 aliphatic heterocycles. The fraction of sp³-hybridized carbons (Fsp3) is 0.360. The molecular formula is C25H33N5O2. The van der Waals surface area contributed by atoms with Crippen molar-refractivity contribution in [2.45, 2.75) is 26.6 Å². The molecule has 0 amide bonds. The van der Waals surface area contributed by atoms with Gasteiger partial charge in [0.15, 0.2) is 5.96 Å². The Morgan fingerprint density at radius 1 is 1.06 bits per heavy atom. The maximum absolute atomic E-state index is 5.67. The number of benzene rings is 2. The third-order valence-electron chi connectivity index (χ3n) is 4.96. The highest BCUT2D eigenvalue weighted by Gasteiger charge is 2.10. The van der Waals surface area contributed by atoms with E-state index in [9.17, 15) is 0 Å². The van der Waals surface area contributed by atoms with Crippen LogP contribution in [0.15, 0.2) is 65.8 Å². The number of aromatic amines is 1. The molecule has 3 aromatic rings. The van der Waals surface area contributed by atoms with Gasteiger partial charge in [0.2, 0.25) is 0 Å². The number of hydrogen-bond donors (Lipinski definition) is 2. The standard InChI is InChI=1S/C25H33N5O2/c1-4-31-13-14-32-19-21-10-8-9-20(15-21)16-28-25(26-2)30(3)18-24-27-17-23(29-24)22-11-6-5-7-12-22/h5-12,15,17H,4,13-14,16,18-19H2,1-3H3,(H,26,28)(H,27,29). The van der Waals surface area contributed by atoms with Crippen molar-refractivity contribution >= 4 is 5.96 Å². The lowest BCUT2D eigenvalue weighted by Gasteiger charge is -2.21. The van der Waals surface area contributed by atoms with Crippen LogP contribution >= 0.6 is 0 Å². The molecule has 3 rings (SSSR count). The Kier molecular flexibility index (Phi) is 9.28. The highest BCUT2D eigenvalue weighted by atomic mass is 16.5. The second kappa shape index (κ2) is 12.6. The number of nitrogens with zero attached hydrogens (tertiary/aromatic N) is 3. The van der Waals surface area contributed by atoms with Gasteiger partial charge >= 0.3 is 0 Å². The van der Waals surface area contributed by atoms with Gasteiger partial charge in [-0.3, -0.25) is 4.99 Å². The second-order valence-corrected chi connectivity index (χ2v) is 7.44. The van der Waals surface area contributed by atoms with E-state index in [0.717, 1.165) is 28.6 Å². The van der Waals surface area contributed by atoms with Gasteiger partial charge in [-0.05, 0) is 23.6 Å². The van der Waals surface area contributed by atoms with E-state index in [1.165, 1.54) is 5.56 Å². The minimum atomic E-state index is 0.581. The first-order valence-corrected chi connectivity index (χ1v) is 10.9. The van der Waals surface area contributed by atoms with Gasteiger partial charge in [0.05, 0.1) is 38.3 Å². The molecule has 1 aromatic heterocycles. The van der Waals surface area contributed by atoms with E-state index < -0.39 is 0 Å². The SMILES string of the molecule is CCOCCOCc1cccc(CNC(=NC)N(C)Cc2ncc(-c3ccccc3)[nH]2)c1. The Morgan fingerprint density at radius 2 is 1.84 bits per heavy atom. The first-order valence-electron chi connectivity index (χ1n) is 10.9. The Hall–Kier alpha value is -3.16. The Morgan fingerprint density at radius 3 is 2.62 bits per heavy atom. The molecule has 0 aliphatic carbocycles. The first kappa shape index (κ1) is 23.5. The average molecular weight is 436 g/mol. The fourth-order valence-corrected chi connectivity index (χ4v) is 3.35. The zero-order valence-electron chi connectivity index (χ0n) is 19.2. The molecule has 170 valence electrons. The van der Waals surface area contributed by atoms with Gasteiger partial charge in [-0.25, -0.2) is 4.98 Å². The summed E-state index contributed by atoms with van der Waals surface area (Å²) in [5.74, 6) is 1.70. The Balaban J connectivity index is 1.50. The number of aromatic nitrogens is 2.